The third-order valence-corrected chi connectivity index (χ3v) is 5.25. The topological polar surface area (TPSA) is 89.5 Å². The Balaban J connectivity index is 2.17. The minimum absolute atomic E-state index is 0.0801. The quantitative estimate of drug-likeness (QED) is 0.595. The van der Waals surface area contributed by atoms with Gasteiger partial charge in [-0.2, -0.15) is 0 Å². The van der Waals surface area contributed by atoms with E-state index in [0.717, 1.165) is 6.42 Å². The molecule has 0 aliphatic carbocycles. The highest BCUT2D eigenvalue weighted by molar-refractivity contribution is 7.91. The monoisotopic (exact) mass is 375 g/mol. The first-order chi connectivity index (χ1) is 11.0. The van der Waals surface area contributed by atoms with Crippen molar-refractivity contribution in [1.82, 2.24) is 14.9 Å². The number of amides is 1. The predicted octanol–water partition coefficient (Wildman–Crippen LogP) is 2.61. The Bertz CT molecular complexity index is 710. The van der Waals surface area contributed by atoms with Crippen LogP contribution in [0.1, 0.15) is 39.3 Å². The van der Waals surface area contributed by atoms with Crippen molar-refractivity contribution in [2.24, 2.45) is 0 Å². The van der Waals surface area contributed by atoms with Gasteiger partial charge in [0.2, 0.25) is 15.0 Å². The zero-order chi connectivity index (χ0) is 18.1. The summed E-state index contributed by atoms with van der Waals surface area (Å²) in [6, 6.07) is 1.04. The lowest BCUT2D eigenvalue weighted by Crippen LogP contribution is -2.42. The molecule has 0 bridgehead atoms. The van der Waals surface area contributed by atoms with Crippen molar-refractivity contribution in [3.63, 3.8) is 0 Å². The van der Waals surface area contributed by atoms with Crippen LogP contribution in [0.2, 0.25) is 5.15 Å². The van der Waals surface area contributed by atoms with Crippen LogP contribution in [-0.4, -0.2) is 53.3 Å². The van der Waals surface area contributed by atoms with E-state index >= 15 is 0 Å². The number of ether oxygens (including phenoxy) is 1. The SMILES string of the molecule is Cc1cc(Cl)nc(S(=O)(=O)C[C@H]2CCCN2C(=O)OC(C)(C)C)n1. The number of hydrogen-bond donors (Lipinski definition) is 0. The second-order valence-electron chi connectivity index (χ2n) is 6.87. The molecule has 0 aromatic carbocycles. The van der Waals surface area contributed by atoms with Gasteiger partial charge < -0.3 is 9.64 Å². The molecular formula is C15H22ClN3O4S. The van der Waals surface area contributed by atoms with Gasteiger partial charge in [-0.15, -0.1) is 0 Å². The molecule has 1 saturated heterocycles. The Morgan fingerprint density at radius 1 is 1.42 bits per heavy atom. The maximum Gasteiger partial charge on any atom is 0.410 e. The fraction of sp³-hybridized carbons (Fsp3) is 0.667. The van der Waals surface area contributed by atoms with E-state index in [1.165, 1.54) is 11.0 Å². The maximum atomic E-state index is 12.6. The van der Waals surface area contributed by atoms with Crippen molar-refractivity contribution in [3.05, 3.63) is 16.9 Å². The van der Waals surface area contributed by atoms with Crippen molar-refractivity contribution in [2.75, 3.05) is 12.3 Å². The highest BCUT2D eigenvalue weighted by atomic mass is 35.5. The number of nitrogens with zero attached hydrogens (tertiary/aromatic N) is 3. The molecule has 2 rings (SSSR count). The fourth-order valence-corrected chi connectivity index (χ4v) is 4.35. The Morgan fingerprint density at radius 3 is 2.67 bits per heavy atom. The second-order valence-corrected chi connectivity index (χ2v) is 9.18. The van der Waals surface area contributed by atoms with Gasteiger partial charge in [0.25, 0.3) is 0 Å². The van der Waals surface area contributed by atoms with Crippen LogP contribution in [0.4, 0.5) is 4.79 Å². The molecule has 0 radical (unpaired) electrons. The molecule has 1 aliphatic heterocycles. The highest BCUT2D eigenvalue weighted by Gasteiger charge is 2.36. The summed E-state index contributed by atoms with van der Waals surface area (Å²) < 4.78 is 30.5. The van der Waals surface area contributed by atoms with Crippen LogP contribution in [0.5, 0.6) is 0 Å². The van der Waals surface area contributed by atoms with Crippen molar-refractivity contribution in [3.8, 4) is 0 Å². The van der Waals surface area contributed by atoms with Crippen LogP contribution >= 0.6 is 11.6 Å². The first-order valence-corrected chi connectivity index (χ1v) is 9.74. The van der Waals surface area contributed by atoms with Gasteiger partial charge in [0.1, 0.15) is 10.8 Å². The molecule has 24 heavy (non-hydrogen) atoms. The molecule has 0 N–H and O–H groups in total. The number of sulfone groups is 1. The Kier molecular flexibility index (Phi) is 5.39. The highest BCUT2D eigenvalue weighted by Crippen LogP contribution is 2.24. The molecule has 1 fully saturated rings. The van der Waals surface area contributed by atoms with Crippen LogP contribution in [0, 0.1) is 6.92 Å². The zero-order valence-electron chi connectivity index (χ0n) is 14.2. The molecule has 134 valence electrons. The summed E-state index contributed by atoms with van der Waals surface area (Å²) in [4.78, 5) is 21.5. The van der Waals surface area contributed by atoms with Gasteiger partial charge in [0.05, 0.1) is 5.75 Å². The Hall–Kier alpha value is -1.41. The van der Waals surface area contributed by atoms with Gasteiger partial charge in [-0.1, -0.05) is 11.6 Å². The average Bonchev–Trinajstić information content (AvgIpc) is 2.83. The number of aryl methyl sites for hydroxylation is 1. The molecule has 9 heteroatoms. The maximum absolute atomic E-state index is 12.6. The van der Waals surface area contributed by atoms with Gasteiger partial charge in [-0.25, -0.2) is 23.2 Å². The van der Waals surface area contributed by atoms with Gasteiger partial charge in [-0.3, -0.25) is 0 Å². The minimum atomic E-state index is -3.75. The lowest BCUT2D eigenvalue weighted by atomic mass is 10.2. The van der Waals surface area contributed by atoms with E-state index in [0.29, 0.717) is 18.7 Å². The number of carbonyl (C=O) groups excluding carboxylic acids is 1. The van der Waals surface area contributed by atoms with E-state index in [2.05, 4.69) is 9.97 Å². The van der Waals surface area contributed by atoms with E-state index in [4.69, 9.17) is 16.3 Å². The number of carbonyl (C=O) groups is 1. The summed E-state index contributed by atoms with van der Waals surface area (Å²) in [5, 5.41) is -0.222. The van der Waals surface area contributed by atoms with E-state index in [1.807, 2.05) is 0 Å². The van der Waals surface area contributed by atoms with Crippen LogP contribution in [-0.2, 0) is 14.6 Å². The zero-order valence-corrected chi connectivity index (χ0v) is 15.8. The van der Waals surface area contributed by atoms with Crippen LogP contribution in [0.15, 0.2) is 11.2 Å². The van der Waals surface area contributed by atoms with E-state index in [-0.39, 0.29) is 16.1 Å². The standard InChI is InChI=1S/C15H22ClN3O4S/c1-10-8-12(16)18-13(17-10)24(21,22)9-11-6-5-7-19(11)14(20)23-15(2,3)4/h8,11H,5-7,9H2,1-4H3/t11-/m1/s1. The van der Waals surface area contributed by atoms with Crippen LogP contribution in [0.3, 0.4) is 0 Å². The molecule has 0 saturated carbocycles. The van der Waals surface area contributed by atoms with Gasteiger partial charge in [0.15, 0.2) is 0 Å². The summed E-state index contributed by atoms with van der Waals surface area (Å²) in [6.07, 6.45) is 0.829. The first-order valence-electron chi connectivity index (χ1n) is 7.71. The molecule has 1 amide bonds. The molecule has 1 aromatic heterocycles. The predicted molar refractivity (Wildman–Crippen MR) is 89.8 cm³/mol. The van der Waals surface area contributed by atoms with Crippen LogP contribution in [0.25, 0.3) is 0 Å². The summed E-state index contributed by atoms with van der Waals surface area (Å²) in [5.74, 6) is -0.244. The van der Waals surface area contributed by atoms with E-state index in [1.54, 1.807) is 27.7 Å². The number of rotatable bonds is 3. The fourth-order valence-electron chi connectivity index (χ4n) is 2.54. The average molecular weight is 376 g/mol. The minimum Gasteiger partial charge on any atom is -0.444 e. The second kappa shape index (κ2) is 6.84. The molecule has 1 aliphatic rings. The van der Waals surface area contributed by atoms with Gasteiger partial charge in [0, 0.05) is 18.3 Å². The third kappa shape index (κ3) is 4.80. The lowest BCUT2D eigenvalue weighted by molar-refractivity contribution is 0.0241. The number of aromatic nitrogens is 2. The van der Waals surface area contributed by atoms with Crippen molar-refractivity contribution >= 4 is 27.5 Å². The normalized spacial score (nSPS) is 18.7. The summed E-state index contributed by atoms with van der Waals surface area (Å²) in [6.45, 7) is 7.44. The van der Waals surface area contributed by atoms with E-state index in [9.17, 15) is 13.2 Å². The number of halogens is 1. The Labute approximate surface area is 147 Å². The third-order valence-electron chi connectivity index (χ3n) is 3.50. The molecule has 0 spiro atoms. The summed E-state index contributed by atoms with van der Waals surface area (Å²) in [5.41, 5.74) is -0.153. The number of likely N-dealkylation sites (tertiary alicyclic amines) is 1. The van der Waals surface area contributed by atoms with Gasteiger partial charge in [-0.05, 0) is 46.6 Å². The van der Waals surface area contributed by atoms with Crippen LogP contribution < -0.4 is 0 Å². The summed E-state index contributed by atoms with van der Waals surface area (Å²) in [7, 11) is -3.75. The smallest absolute Gasteiger partial charge is 0.410 e. The largest absolute Gasteiger partial charge is 0.444 e. The van der Waals surface area contributed by atoms with Crippen molar-refractivity contribution in [2.45, 2.75) is 57.3 Å². The summed E-state index contributed by atoms with van der Waals surface area (Å²) >= 11 is 5.82. The molecule has 1 aromatic rings. The van der Waals surface area contributed by atoms with Crippen molar-refractivity contribution < 1.29 is 17.9 Å². The van der Waals surface area contributed by atoms with Crippen molar-refractivity contribution in [1.29, 1.82) is 0 Å². The van der Waals surface area contributed by atoms with Gasteiger partial charge >= 0.3 is 6.09 Å². The lowest BCUT2D eigenvalue weighted by Gasteiger charge is -2.28. The molecule has 2 heterocycles. The molecule has 1 atom stereocenters. The van der Waals surface area contributed by atoms with E-state index < -0.39 is 27.6 Å². The molecule has 7 nitrogen and oxygen atoms in total. The molecule has 0 unspecified atom stereocenters. The first kappa shape index (κ1) is 18.9. The Morgan fingerprint density at radius 2 is 2.08 bits per heavy atom. The molecular weight excluding hydrogens is 354 g/mol. The number of hydrogen-bond acceptors (Lipinski definition) is 6.